The predicted octanol–water partition coefficient (Wildman–Crippen LogP) is 4.79. The number of fused-ring (bicyclic) bond motifs is 1. The third-order valence-corrected chi connectivity index (χ3v) is 4.34. The number of phenols is 1. The van der Waals surface area contributed by atoms with Crippen molar-refractivity contribution in [2.75, 3.05) is 5.32 Å². The summed E-state index contributed by atoms with van der Waals surface area (Å²) in [5.74, 6) is 0.277. The fourth-order valence-electron chi connectivity index (χ4n) is 3.03. The highest BCUT2D eigenvalue weighted by molar-refractivity contribution is 5.88. The molecule has 3 nitrogen and oxygen atoms in total. The molecule has 0 fully saturated rings. The first kappa shape index (κ1) is 15.3. The van der Waals surface area contributed by atoms with Crippen LogP contribution in [0.4, 0.5) is 5.69 Å². The topological polar surface area (TPSA) is 45.1 Å². The third-order valence-electron chi connectivity index (χ3n) is 4.34. The first-order valence-electron chi connectivity index (χ1n) is 7.86. The van der Waals surface area contributed by atoms with Gasteiger partial charge in [-0.2, -0.15) is 0 Å². The number of nitrogens with one attached hydrogen (secondary N) is 1. The molecule has 0 aliphatic heterocycles. The summed E-state index contributed by atoms with van der Waals surface area (Å²) in [6.07, 6.45) is 0. The zero-order chi connectivity index (χ0) is 16.6. The molecule has 2 aromatic carbocycles. The molecule has 3 aromatic rings. The van der Waals surface area contributed by atoms with Crippen molar-refractivity contribution in [3.05, 3.63) is 64.3 Å². The van der Waals surface area contributed by atoms with E-state index in [2.05, 4.69) is 42.3 Å². The molecule has 3 rings (SSSR count). The number of aromatic nitrogens is 1. The Morgan fingerprint density at radius 1 is 0.913 bits per heavy atom. The van der Waals surface area contributed by atoms with Crippen LogP contribution in [0.3, 0.4) is 0 Å². The van der Waals surface area contributed by atoms with Crippen LogP contribution in [0.15, 0.2) is 36.4 Å². The minimum atomic E-state index is 0.277. The Kier molecular flexibility index (Phi) is 3.95. The molecule has 1 aromatic heterocycles. The van der Waals surface area contributed by atoms with Crippen LogP contribution in [0.5, 0.6) is 5.75 Å². The highest BCUT2D eigenvalue weighted by Gasteiger charge is 2.09. The molecular formula is C20H22N2O. The first-order valence-corrected chi connectivity index (χ1v) is 7.86. The van der Waals surface area contributed by atoms with Gasteiger partial charge in [0.2, 0.25) is 0 Å². The first-order chi connectivity index (χ1) is 11.0. The van der Waals surface area contributed by atoms with Gasteiger partial charge in [-0.05, 0) is 56.0 Å². The second-order valence-corrected chi connectivity index (χ2v) is 6.18. The van der Waals surface area contributed by atoms with Gasteiger partial charge >= 0.3 is 0 Å². The standard InChI is InChI=1S/C20H22N2O/c1-12-6-5-7-13(2)18(12)21-11-16-8-9-17-14(3)10-15(4)20(23)19(17)22-16/h5-10,21,23H,11H2,1-4H3. The van der Waals surface area contributed by atoms with Crippen molar-refractivity contribution in [1.82, 2.24) is 4.98 Å². The fourth-order valence-corrected chi connectivity index (χ4v) is 3.03. The van der Waals surface area contributed by atoms with Crippen LogP contribution in [0.1, 0.15) is 27.9 Å². The molecular weight excluding hydrogens is 284 g/mol. The summed E-state index contributed by atoms with van der Waals surface area (Å²) in [7, 11) is 0. The summed E-state index contributed by atoms with van der Waals surface area (Å²) >= 11 is 0. The Labute approximate surface area is 137 Å². The number of pyridine rings is 1. The van der Waals surface area contributed by atoms with Crippen LogP contribution >= 0.6 is 0 Å². The zero-order valence-electron chi connectivity index (χ0n) is 14.1. The summed E-state index contributed by atoms with van der Waals surface area (Å²) in [5.41, 5.74) is 7.20. The third kappa shape index (κ3) is 2.87. The van der Waals surface area contributed by atoms with Gasteiger partial charge in [0.1, 0.15) is 11.3 Å². The molecule has 3 heteroatoms. The van der Waals surface area contributed by atoms with E-state index in [4.69, 9.17) is 0 Å². The van der Waals surface area contributed by atoms with Gasteiger partial charge in [-0.25, -0.2) is 4.98 Å². The molecule has 0 aliphatic rings. The maximum absolute atomic E-state index is 10.3. The number of aryl methyl sites for hydroxylation is 4. The van der Waals surface area contributed by atoms with E-state index in [1.807, 2.05) is 32.0 Å². The van der Waals surface area contributed by atoms with Crippen LogP contribution in [0.25, 0.3) is 10.9 Å². The van der Waals surface area contributed by atoms with Crippen LogP contribution in [-0.2, 0) is 6.54 Å². The molecule has 0 unspecified atom stereocenters. The van der Waals surface area contributed by atoms with E-state index in [0.29, 0.717) is 12.1 Å². The number of benzene rings is 2. The van der Waals surface area contributed by atoms with E-state index >= 15 is 0 Å². The lowest BCUT2D eigenvalue weighted by Gasteiger charge is -2.13. The number of hydrogen-bond acceptors (Lipinski definition) is 3. The monoisotopic (exact) mass is 306 g/mol. The van der Waals surface area contributed by atoms with Crippen molar-refractivity contribution in [2.45, 2.75) is 34.2 Å². The summed E-state index contributed by atoms with van der Waals surface area (Å²) in [4.78, 5) is 4.66. The number of aromatic hydroxyl groups is 1. The van der Waals surface area contributed by atoms with Crippen molar-refractivity contribution >= 4 is 16.6 Å². The van der Waals surface area contributed by atoms with Gasteiger partial charge in [-0.3, -0.25) is 0 Å². The lowest BCUT2D eigenvalue weighted by Crippen LogP contribution is -2.04. The smallest absolute Gasteiger partial charge is 0.144 e. The number of rotatable bonds is 3. The van der Waals surface area contributed by atoms with Gasteiger partial charge in [0.25, 0.3) is 0 Å². The zero-order valence-corrected chi connectivity index (χ0v) is 14.1. The van der Waals surface area contributed by atoms with Crippen molar-refractivity contribution < 1.29 is 5.11 Å². The van der Waals surface area contributed by atoms with Crippen LogP contribution in [0, 0.1) is 27.7 Å². The number of nitrogens with zero attached hydrogens (tertiary/aromatic N) is 1. The minimum absolute atomic E-state index is 0.277. The van der Waals surface area contributed by atoms with Crippen LogP contribution < -0.4 is 5.32 Å². The summed E-state index contributed by atoms with van der Waals surface area (Å²) in [6, 6.07) is 12.3. The highest BCUT2D eigenvalue weighted by atomic mass is 16.3. The molecule has 2 N–H and O–H groups in total. The molecule has 0 amide bonds. The molecule has 0 saturated carbocycles. The van der Waals surface area contributed by atoms with Crippen molar-refractivity contribution in [2.24, 2.45) is 0 Å². The lowest BCUT2D eigenvalue weighted by atomic mass is 10.0. The fraction of sp³-hybridized carbons (Fsp3) is 0.250. The molecule has 23 heavy (non-hydrogen) atoms. The lowest BCUT2D eigenvalue weighted by molar-refractivity contribution is 0.476. The van der Waals surface area contributed by atoms with Crippen molar-refractivity contribution in [1.29, 1.82) is 0 Å². The molecule has 0 spiro atoms. The summed E-state index contributed by atoms with van der Waals surface area (Å²) < 4.78 is 0. The normalized spacial score (nSPS) is 11.0. The van der Waals surface area contributed by atoms with E-state index in [9.17, 15) is 5.11 Å². The van der Waals surface area contributed by atoms with Gasteiger partial charge < -0.3 is 10.4 Å². The highest BCUT2D eigenvalue weighted by Crippen LogP contribution is 2.30. The van der Waals surface area contributed by atoms with E-state index in [1.54, 1.807) is 0 Å². The van der Waals surface area contributed by atoms with E-state index in [1.165, 1.54) is 11.1 Å². The van der Waals surface area contributed by atoms with E-state index in [-0.39, 0.29) is 5.75 Å². The molecule has 1 heterocycles. The van der Waals surface area contributed by atoms with Crippen molar-refractivity contribution in [3.63, 3.8) is 0 Å². The number of anilines is 1. The largest absolute Gasteiger partial charge is 0.505 e. The summed E-state index contributed by atoms with van der Waals surface area (Å²) in [6.45, 7) is 8.79. The Hall–Kier alpha value is -2.55. The Balaban J connectivity index is 1.94. The van der Waals surface area contributed by atoms with Crippen LogP contribution in [-0.4, -0.2) is 10.1 Å². The van der Waals surface area contributed by atoms with Crippen LogP contribution in [0.2, 0.25) is 0 Å². The quantitative estimate of drug-likeness (QED) is 0.731. The van der Waals surface area contributed by atoms with E-state index < -0.39 is 0 Å². The average Bonchev–Trinajstić information content (AvgIpc) is 2.52. The predicted molar refractivity (Wildman–Crippen MR) is 96.1 cm³/mol. The maximum atomic E-state index is 10.3. The van der Waals surface area contributed by atoms with Crippen molar-refractivity contribution in [3.8, 4) is 5.75 Å². The molecule has 0 bridgehead atoms. The minimum Gasteiger partial charge on any atom is -0.505 e. The number of phenolic OH excluding ortho intramolecular Hbond substituents is 1. The maximum Gasteiger partial charge on any atom is 0.144 e. The van der Waals surface area contributed by atoms with E-state index in [0.717, 1.165) is 27.9 Å². The second-order valence-electron chi connectivity index (χ2n) is 6.18. The van der Waals surface area contributed by atoms with Gasteiger partial charge in [-0.1, -0.05) is 30.3 Å². The average molecular weight is 306 g/mol. The molecule has 0 atom stereocenters. The SMILES string of the molecule is Cc1cccc(C)c1NCc1ccc2c(C)cc(C)c(O)c2n1. The molecule has 0 radical (unpaired) electrons. The van der Waals surface area contributed by atoms with Gasteiger partial charge in [0, 0.05) is 11.1 Å². The van der Waals surface area contributed by atoms with Gasteiger partial charge in [0.05, 0.1) is 12.2 Å². The molecule has 118 valence electrons. The molecule has 0 aliphatic carbocycles. The number of para-hydroxylation sites is 1. The van der Waals surface area contributed by atoms with Gasteiger partial charge in [0.15, 0.2) is 0 Å². The van der Waals surface area contributed by atoms with Gasteiger partial charge in [-0.15, -0.1) is 0 Å². The summed E-state index contributed by atoms with van der Waals surface area (Å²) in [5, 5.41) is 14.8. The Morgan fingerprint density at radius 2 is 1.61 bits per heavy atom. The molecule has 0 saturated heterocycles. The number of hydrogen-bond donors (Lipinski definition) is 2. The Morgan fingerprint density at radius 3 is 2.30 bits per heavy atom. The second kappa shape index (κ2) is 5.92. The Bertz CT molecular complexity index is 864.